The predicted octanol–water partition coefficient (Wildman–Crippen LogP) is 2.81. The average molecular weight is 308 g/mol. The van der Waals surface area contributed by atoms with Crippen LogP contribution in [-0.4, -0.2) is 43.3 Å². The van der Waals surface area contributed by atoms with Crippen molar-refractivity contribution in [2.24, 2.45) is 0 Å². The van der Waals surface area contributed by atoms with E-state index in [-0.39, 0.29) is 0 Å². The first-order valence-corrected chi connectivity index (χ1v) is 7.12. The van der Waals surface area contributed by atoms with Gasteiger partial charge in [0.2, 0.25) is 0 Å². The minimum atomic E-state index is -0.510. The first-order chi connectivity index (χ1) is 10.2. The van der Waals surface area contributed by atoms with Crippen molar-refractivity contribution in [2.75, 3.05) is 20.6 Å². The van der Waals surface area contributed by atoms with Crippen molar-refractivity contribution < 1.29 is 19.1 Å². The van der Waals surface area contributed by atoms with E-state index >= 15 is 0 Å². The van der Waals surface area contributed by atoms with Gasteiger partial charge in [-0.2, -0.15) is 0 Å². The molecule has 0 aliphatic rings. The van der Waals surface area contributed by atoms with Gasteiger partial charge in [0.05, 0.1) is 0 Å². The van der Waals surface area contributed by atoms with Gasteiger partial charge in [0.15, 0.2) is 0 Å². The summed E-state index contributed by atoms with van der Waals surface area (Å²) >= 11 is 0. The third-order valence-electron chi connectivity index (χ3n) is 2.55. The molecule has 2 amide bonds. The minimum absolute atomic E-state index is 0.427. The van der Waals surface area contributed by atoms with E-state index < -0.39 is 17.8 Å². The van der Waals surface area contributed by atoms with Crippen molar-refractivity contribution in [3.05, 3.63) is 29.8 Å². The van der Waals surface area contributed by atoms with Crippen molar-refractivity contribution in [1.82, 2.24) is 10.2 Å². The Balaban J connectivity index is 2.47. The Kier molecular flexibility index (Phi) is 6.22. The maximum Gasteiger partial charge on any atom is 0.414 e. The van der Waals surface area contributed by atoms with E-state index in [4.69, 9.17) is 9.47 Å². The molecular weight excluding hydrogens is 284 g/mol. The zero-order valence-electron chi connectivity index (χ0n) is 13.8. The average Bonchev–Trinajstić information content (AvgIpc) is 2.36. The van der Waals surface area contributed by atoms with E-state index in [2.05, 4.69) is 5.32 Å². The molecule has 0 heterocycles. The molecule has 0 unspecified atom stereocenters. The molecule has 6 nitrogen and oxygen atoms in total. The molecule has 0 saturated carbocycles. The topological polar surface area (TPSA) is 67.9 Å². The Hall–Kier alpha value is -2.24. The Bertz CT molecular complexity index is 521. The lowest BCUT2D eigenvalue weighted by molar-refractivity contribution is 0.0528. The number of nitrogens with zero attached hydrogens (tertiary/aromatic N) is 1. The molecule has 1 N–H and O–H groups in total. The van der Waals surface area contributed by atoms with Crippen LogP contribution >= 0.6 is 0 Å². The van der Waals surface area contributed by atoms with E-state index in [0.29, 0.717) is 18.7 Å². The Labute approximate surface area is 131 Å². The third kappa shape index (κ3) is 6.97. The fraction of sp³-hybridized carbons (Fsp3) is 0.500. The number of hydrogen-bond donors (Lipinski definition) is 1. The molecule has 0 atom stereocenters. The number of carbonyl (C=O) groups is 2. The molecule has 0 aliphatic heterocycles. The lowest BCUT2D eigenvalue weighted by atomic mass is 10.1. The maximum absolute atomic E-state index is 11.5. The third-order valence-corrected chi connectivity index (χ3v) is 2.55. The lowest BCUT2D eigenvalue weighted by Crippen LogP contribution is -2.33. The Morgan fingerprint density at radius 3 is 2.50 bits per heavy atom. The number of rotatable bonds is 4. The minimum Gasteiger partial charge on any atom is -0.444 e. The molecule has 1 aromatic carbocycles. The number of amides is 2. The van der Waals surface area contributed by atoms with Gasteiger partial charge in [-0.15, -0.1) is 0 Å². The van der Waals surface area contributed by atoms with Gasteiger partial charge < -0.3 is 19.7 Å². The van der Waals surface area contributed by atoms with Crippen LogP contribution < -0.4 is 10.1 Å². The summed E-state index contributed by atoms with van der Waals surface area (Å²) in [6.07, 6.45) is -0.251. The second-order valence-corrected chi connectivity index (χ2v) is 6.09. The second-order valence-electron chi connectivity index (χ2n) is 6.09. The number of carbonyl (C=O) groups excluding carboxylic acids is 2. The highest BCUT2D eigenvalue weighted by molar-refractivity contribution is 5.70. The summed E-state index contributed by atoms with van der Waals surface area (Å²) < 4.78 is 10.3. The highest BCUT2D eigenvalue weighted by Gasteiger charge is 2.15. The highest BCUT2D eigenvalue weighted by Crippen LogP contribution is 2.14. The summed E-state index contributed by atoms with van der Waals surface area (Å²) in [5.41, 5.74) is 0.449. The number of ether oxygens (including phenoxy) is 2. The fourth-order valence-electron chi connectivity index (χ4n) is 1.58. The van der Waals surface area contributed by atoms with Gasteiger partial charge in [0, 0.05) is 20.6 Å². The summed E-state index contributed by atoms with van der Waals surface area (Å²) in [6, 6.07) is 7.20. The summed E-state index contributed by atoms with van der Waals surface area (Å²) in [5.74, 6) is 0.480. The standard InChI is InChI=1S/C16H24N2O4/c1-16(2,3)22-14(19)17-10-9-12-7-6-8-13(11-12)21-15(20)18(4)5/h6-8,11H,9-10H2,1-5H3,(H,17,19). The SMILES string of the molecule is CN(C)C(=O)Oc1cccc(CCNC(=O)OC(C)(C)C)c1. The molecule has 6 heteroatoms. The van der Waals surface area contributed by atoms with E-state index in [1.807, 2.05) is 26.8 Å². The van der Waals surface area contributed by atoms with E-state index in [0.717, 1.165) is 5.56 Å². The maximum atomic E-state index is 11.5. The summed E-state index contributed by atoms with van der Waals surface area (Å²) in [5, 5.41) is 2.69. The van der Waals surface area contributed by atoms with Crippen molar-refractivity contribution >= 4 is 12.2 Å². The van der Waals surface area contributed by atoms with Gasteiger partial charge in [-0.3, -0.25) is 0 Å². The molecule has 0 aliphatic carbocycles. The van der Waals surface area contributed by atoms with Crippen LogP contribution in [0.25, 0.3) is 0 Å². The summed E-state index contributed by atoms with van der Waals surface area (Å²) in [4.78, 5) is 24.4. The van der Waals surface area contributed by atoms with Gasteiger partial charge in [-0.05, 0) is 44.9 Å². The van der Waals surface area contributed by atoms with Gasteiger partial charge in [0.1, 0.15) is 11.4 Å². The Morgan fingerprint density at radius 1 is 1.23 bits per heavy atom. The first kappa shape index (κ1) is 17.8. The van der Waals surface area contributed by atoms with Crippen LogP contribution in [-0.2, 0) is 11.2 Å². The quantitative estimate of drug-likeness (QED) is 0.928. The molecule has 0 saturated heterocycles. The van der Waals surface area contributed by atoms with Crippen molar-refractivity contribution in [3.8, 4) is 5.75 Å². The molecule has 122 valence electrons. The van der Waals surface area contributed by atoms with Gasteiger partial charge >= 0.3 is 12.2 Å². The van der Waals surface area contributed by atoms with Gasteiger partial charge in [0.25, 0.3) is 0 Å². The van der Waals surface area contributed by atoms with Crippen LogP contribution in [0.15, 0.2) is 24.3 Å². The number of benzene rings is 1. The summed E-state index contributed by atoms with van der Waals surface area (Å²) in [6.45, 7) is 5.89. The summed E-state index contributed by atoms with van der Waals surface area (Å²) in [7, 11) is 3.24. The number of hydrogen-bond acceptors (Lipinski definition) is 4. The van der Waals surface area contributed by atoms with Crippen LogP contribution in [0.5, 0.6) is 5.75 Å². The van der Waals surface area contributed by atoms with Crippen molar-refractivity contribution in [2.45, 2.75) is 32.8 Å². The molecule has 1 rings (SSSR count). The first-order valence-electron chi connectivity index (χ1n) is 7.12. The van der Waals surface area contributed by atoms with E-state index in [9.17, 15) is 9.59 Å². The lowest BCUT2D eigenvalue weighted by Gasteiger charge is -2.19. The van der Waals surface area contributed by atoms with E-state index in [1.165, 1.54) is 4.90 Å². The van der Waals surface area contributed by atoms with Crippen LogP contribution in [0.2, 0.25) is 0 Å². The largest absolute Gasteiger partial charge is 0.444 e. The molecule has 0 spiro atoms. The normalized spacial score (nSPS) is 10.8. The zero-order chi connectivity index (χ0) is 16.8. The molecule has 0 radical (unpaired) electrons. The van der Waals surface area contributed by atoms with Crippen LogP contribution in [0.1, 0.15) is 26.3 Å². The van der Waals surface area contributed by atoms with Crippen molar-refractivity contribution in [3.63, 3.8) is 0 Å². The van der Waals surface area contributed by atoms with Crippen molar-refractivity contribution in [1.29, 1.82) is 0 Å². The number of nitrogens with one attached hydrogen (secondary N) is 1. The molecule has 22 heavy (non-hydrogen) atoms. The fourth-order valence-corrected chi connectivity index (χ4v) is 1.58. The molecule has 1 aromatic rings. The Morgan fingerprint density at radius 2 is 1.91 bits per heavy atom. The molecular formula is C16H24N2O4. The monoisotopic (exact) mass is 308 g/mol. The second kappa shape index (κ2) is 7.68. The molecule has 0 bridgehead atoms. The van der Waals surface area contributed by atoms with Gasteiger partial charge in [-0.25, -0.2) is 9.59 Å². The van der Waals surface area contributed by atoms with Gasteiger partial charge in [-0.1, -0.05) is 12.1 Å². The highest BCUT2D eigenvalue weighted by atomic mass is 16.6. The molecule has 0 fully saturated rings. The number of alkyl carbamates (subject to hydrolysis) is 1. The van der Waals surface area contributed by atoms with Crippen LogP contribution in [0.4, 0.5) is 9.59 Å². The predicted molar refractivity (Wildman–Crippen MR) is 84.1 cm³/mol. The molecule has 0 aromatic heterocycles. The smallest absolute Gasteiger partial charge is 0.414 e. The zero-order valence-corrected chi connectivity index (χ0v) is 13.8. The van der Waals surface area contributed by atoms with E-state index in [1.54, 1.807) is 32.3 Å². The van der Waals surface area contributed by atoms with Crippen LogP contribution in [0.3, 0.4) is 0 Å². The van der Waals surface area contributed by atoms with Crippen LogP contribution in [0, 0.1) is 0 Å².